The van der Waals surface area contributed by atoms with Crippen molar-refractivity contribution < 1.29 is 9.90 Å². The SMILES string of the molecule is CCN(Cc1ccccc1)C(=O)N1CCC(O)(Cn2cnc3cc(Cl)ccc3c2=O)CC1. The first-order chi connectivity index (χ1) is 15.4. The number of hydrogen-bond donors (Lipinski definition) is 1. The van der Waals surface area contributed by atoms with Crippen molar-refractivity contribution in [1.29, 1.82) is 0 Å². The molecule has 32 heavy (non-hydrogen) atoms. The van der Waals surface area contributed by atoms with Gasteiger partial charge in [0.25, 0.3) is 5.56 Å². The van der Waals surface area contributed by atoms with Crippen molar-refractivity contribution in [3.05, 3.63) is 75.8 Å². The minimum absolute atomic E-state index is 0.0279. The zero-order valence-corrected chi connectivity index (χ0v) is 18.8. The Balaban J connectivity index is 1.41. The van der Waals surface area contributed by atoms with Crippen molar-refractivity contribution in [2.24, 2.45) is 0 Å². The molecule has 3 aromatic rings. The first-order valence-electron chi connectivity index (χ1n) is 10.8. The molecule has 2 aromatic carbocycles. The highest BCUT2D eigenvalue weighted by atomic mass is 35.5. The Bertz CT molecular complexity index is 1160. The fourth-order valence-electron chi connectivity index (χ4n) is 4.15. The summed E-state index contributed by atoms with van der Waals surface area (Å²) in [6.45, 7) is 4.14. The summed E-state index contributed by atoms with van der Waals surface area (Å²) in [5, 5.41) is 12.1. The van der Waals surface area contributed by atoms with E-state index in [0.717, 1.165) is 5.56 Å². The molecule has 7 nitrogen and oxygen atoms in total. The zero-order valence-electron chi connectivity index (χ0n) is 18.1. The van der Waals surface area contributed by atoms with Crippen LogP contribution in [0.25, 0.3) is 10.9 Å². The number of fused-ring (bicyclic) bond motifs is 1. The van der Waals surface area contributed by atoms with Gasteiger partial charge in [-0.15, -0.1) is 0 Å². The Kier molecular flexibility index (Phi) is 6.48. The predicted molar refractivity (Wildman–Crippen MR) is 125 cm³/mol. The van der Waals surface area contributed by atoms with E-state index in [2.05, 4.69) is 4.98 Å². The molecular formula is C24H27ClN4O3. The fraction of sp³-hybridized carbons (Fsp3) is 0.375. The maximum atomic E-state index is 13.0. The van der Waals surface area contributed by atoms with Crippen LogP contribution in [0.2, 0.25) is 5.02 Å². The second-order valence-electron chi connectivity index (χ2n) is 8.33. The molecule has 1 aromatic heterocycles. The lowest BCUT2D eigenvalue weighted by Crippen LogP contribution is -2.52. The highest BCUT2D eigenvalue weighted by Crippen LogP contribution is 2.25. The van der Waals surface area contributed by atoms with Crippen molar-refractivity contribution in [3.8, 4) is 0 Å². The maximum Gasteiger partial charge on any atom is 0.320 e. The number of amides is 2. The summed E-state index contributed by atoms with van der Waals surface area (Å²) in [7, 11) is 0. The number of urea groups is 1. The van der Waals surface area contributed by atoms with Gasteiger partial charge in [0.15, 0.2) is 0 Å². The highest BCUT2D eigenvalue weighted by molar-refractivity contribution is 6.31. The number of likely N-dealkylation sites (tertiary alicyclic amines) is 1. The van der Waals surface area contributed by atoms with Crippen LogP contribution in [0, 0.1) is 0 Å². The van der Waals surface area contributed by atoms with E-state index in [1.165, 1.54) is 10.9 Å². The number of piperidine rings is 1. The second-order valence-corrected chi connectivity index (χ2v) is 8.77. The zero-order chi connectivity index (χ0) is 22.7. The van der Waals surface area contributed by atoms with Crippen LogP contribution in [-0.2, 0) is 13.1 Å². The summed E-state index contributed by atoms with van der Waals surface area (Å²) in [5.74, 6) is 0. The van der Waals surface area contributed by atoms with Crippen molar-refractivity contribution in [1.82, 2.24) is 19.4 Å². The normalized spacial score (nSPS) is 15.7. The molecular weight excluding hydrogens is 428 g/mol. The molecule has 0 bridgehead atoms. The van der Waals surface area contributed by atoms with Gasteiger partial charge in [-0.05, 0) is 43.5 Å². The van der Waals surface area contributed by atoms with E-state index >= 15 is 0 Å². The first kappa shape index (κ1) is 22.3. The second kappa shape index (κ2) is 9.30. The molecule has 0 unspecified atom stereocenters. The minimum atomic E-state index is -1.07. The Labute approximate surface area is 191 Å². The van der Waals surface area contributed by atoms with Gasteiger partial charge in [0.05, 0.1) is 29.4 Å². The number of nitrogens with zero attached hydrogens (tertiary/aromatic N) is 4. The van der Waals surface area contributed by atoms with Gasteiger partial charge in [0.2, 0.25) is 0 Å². The number of carbonyl (C=O) groups excluding carboxylic acids is 1. The molecule has 0 saturated carbocycles. The molecule has 2 amide bonds. The number of carbonyl (C=O) groups is 1. The minimum Gasteiger partial charge on any atom is -0.388 e. The van der Waals surface area contributed by atoms with Crippen molar-refractivity contribution >= 4 is 28.5 Å². The summed E-state index contributed by atoms with van der Waals surface area (Å²) >= 11 is 5.98. The van der Waals surface area contributed by atoms with Gasteiger partial charge >= 0.3 is 6.03 Å². The summed E-state index contributed by atoms with van der Waals surface area (Å²) in [6, 6.07) is 14.8. The number of rotatable bonds is 5. The molecule has 1 aliphatic heterocycles. The third-order valence-electron chi connectivity index (χ3n) is 6.09. The molecule has 1 aliphatic rings. The van der Waals surface area contributed by atoms with E-state index in [1.807, 2.05) is 42.2 Å². The lowest BCUT2D eigenvalue weighted by molar-refractivity contribution is -0.0291. The number of benzene rings is 2. The Morgan fingerprint density at radius 3 is 2.59 bits per heavy atom. The third-order valence-corrected chi connectivity index (χ3v) is 6.32. The first-order valence-corrected chi connectivity index (χ1v) is 11.2. The number of aromatic nitrogens is 2. The lowest BCUT2D eigenvalue weighted by atomic mass is 9.91. The quantitative estimate of drug-likeness (QED) is 0.639. The van der Waals surface area contributed by atoms with Crippen LogP contribution in [-0.4, -0.2) is 55.7 Å². The molecule has 0 aliphatic carbocycles. The molecule has 0 radical (unpaired) electrons. The average Bonchev–Trinajstić information content (AvgIpc) is 2.80. The lowest BCUT2D eigenvalue weighted by Gasteiger charge is -2.40. The monoisotopic (exact) mass is 454 g/mol. The third kappa shape index (κ3) is 4.79. The van der Waals surface area contributed by atoms with Crippen molar-refractivity contribution in [2.75, 3.05) is 19.6 Å². The molecule has 1 N–H and O–H groups in total. The van der Waals surface area contributed by atoms with Gasteiger partial charge < -0.3 is 14.9 Å². The molecule has 1 fully saturated rings. The maximum absolute atomic E-state index is 13.0. The molecule has 8 heteroatoms. The van der Waals surface area contributed by atoms with Crippen LogP contribution in [0.1, 0.15) is 25.3 Å². The van der Waals surface area contributed by atoms with E-state index in [-0.39, 0.29) is 18.1 Å². The van der Waals surface area contributed by atoms with Gasteiger partial charge in [-0.25, -0.2) is 9.78 Å². The van der Waals surface area contributed by atoms with Crippen LogP contribution in [0.3, 0.4) is 0 Å². The van der Waals surface area contributed by atoms with Crippen LogP contribution >= 0.6 is 11.6 Å². The smallest absolute Gasteiger partial charge is 0.320 e. The van der Waals surface area contributed by atoms with Crippen molar-refractivity contribution in [2.45, 2.75) is 38.5 Å². The Morgan fingerprint density at radius 2 is 1.91 bits per heavy atom. The number of halogens is 1. The van der Waals surface area contributed by atoms with E-state index in [0.29, 0.717) is 54.9 Å². The van der Waals surface area contributed by atoms with Gasteiger partial charge in [-0.2, -0.15) is 0 Å². The molecule has 4 rings (SSSR count). The van der Waals surface area contributed by atoms with Crippen LogP contribution in [0.5, 0.6) is 0 Å². The Hall–Kier alpha value is -2.90. The number of hydrogen-bond acceptors (Lipinski definition) is 4. The average molecular weight is 455 g/mol. The van der Waals surface area contributed by atoms with Crippen molar-refractivity contribution in [3.63, 3.8) is 0 Å². The summed E-state index contributed by atoms with van der Waals surface area (Å²) in [5.41, 5.74) is 0.335. The van der Waals surface area contributed by atoms with Crippen LogP contribution in [0.15, 0.2) is 59.7 Å². The fourth-order valence-corrected chi connectivity index (χ4v) is 4.32. The standard InChI is InChI=1S/C24H27ClN4O3/c1-2-27(15-18-6-4-3-5-7-18)23(31)28-12-10-24(32,11-13-28)16-29-17-26-21-14-19(25)8-9-20(21)22(29)30/h3-9,14,17,32H,2,10-13,15-16H2,1H3. The Morgan fingerprint density at radius 1 is 1.19 bits per heavy atom. The topological polar surface area (TPSA) is 78.7 Å². The summed E-state index contributed by atoms with van der Waals surface area (Å²) < 4.78 is 1.45. The summed E-state index contributed by atoms with van der Waals surface area (Å²) in [6.07, 6.45) is 2.24. The van der Waals surface area contributed by atoms with Gasteiger partial charge in [-0.1, -0.05) is 41.9 Å². The highest BCUT2D eigenvalue weighted by Gasteiger charge is 2.35. The van der Waals surface area contributed by atoms with E-state index in [4.69, 9.17) is 11.6 Å². The molecule has 2 heterocycles. The predicted octanol–water partition coefficient (Wildman–Crippen LogP) is 3.52. The molecule has 168 valence electrons. The molecule has 1 saturated heterocycles. The van der Waals surface area contributed by atoms with Crippen LogP contribution in [0.4, 0.5) is 4.79 Å². The van der Waals surface area contributed by atoms with E-state index < -0.39 is 5.60 Å². The van der Waals surface area contributed by atoms with Crippen LogP contribution < -0.4 is 5.56 Å². The summed E-state index contributed by atoms with van der Waals surface area (Å²) in [4.78, 5) is 33.8. The molecule has 0 spiro atoms. The van der Waals surface area contributed by atoms with E-state index in [1.54, 1.807) is 23.1 Å². The van der Waals surface area contributed by atoms with Gasteiger partial charge in [0, 0.05) is 31.2 Å². The number of aliphatic hydroxyl groups is 1. The van der Waals surface area contributed by atoms with Gasteiger partial charge in [-0.3, -0.25) is 9.36 Å². The van der Waals surface area contributed by atoms with Gasteiger partial charge in [0.1, 0.15) is 0 Å². The molecule has 0 atom stereocenters. The van der Waals surface area contributed by atoms with E-state index in [9.17, 15) is 14.7 Å². The largest absolute Gasteiger partial charge is 0.388 e.